The van der Waals surface area contributed by atoms with E-state index in [0.717, 1.165) is 16.7 Å². The Morgan fingerprint density at radius 3 is 1.75 bits per heavy atom. The normalized spacial score (nSPS) is 11.9. The molecule has 0 heterocycles. The maximum atomic E-state index is 12.7. The molecule has 0 bridgehead atoms. The highest BCUT2D eigenvalue weighted by Crippen LogP contribution is 2.19. The van der Waals surface area contributed by atoms with E-state index in [-0.39, 0.29) is 6.42 Å². The molecular formula is C27H25NO4. The molecule has 0 saturated heterocycles. The molecule has 1 atom stereocenters. The van der Waals surface area contributed by atoms with Crippen molar-refractivity contribution in [2.45, 2.75) is 12.5 Å². The SMILES string of the molecule is COC(=O)/C(=C/c1ccccc1)CC(N=C(c1ccccc1)c1ccccc1)C(=O)OC. The molecule has 3 aromatic carbocycles. The Bertz CT molecular complexity index is 1050. The maximum absolute atomic E-state index is 12.7. The molecule has 1 unspecified atom stereocenters. The predicted molar refractivity (Wildman–Crippen MR) is 125 cm³/mol. The summed E-state index contributed by atoms with van der Waals surface area (Å²) in [5.74, 6) is -1.05. The first-order valence-electron chi connectivity index (χ1n) is 10.2. The molecule has 0 N–H and O–H groups in total. The standard InChI is InChI=1S/C27H25NO4/c1-31-26(29)23(18-20-12-6-3-7-13-20)19-24(27(30)32-2)28-25(21-14-8-4-9-15-21)22-16-10-5-11-17-22/h3-18,24H,19H2,1-2H3/b23-18+. The van der Waals surface area contributed by atoms with Crippen LogP contribution >= 0.6 is 0 Å². The van der Waals surface area contributed by atoms with Gasteiger partial charge in [0.25, 0.3) is 0 Å². The number of ether oxygens (including phenoxy) is 2. The third-order valence-electron chi connectivity index (χ3n) is 4.85. The van der Waals surface area contributed by atoms with Crippen molar-refractivity contribution in [3.8, 4) is 0 Å². The van der Waals surface area contributed by atoms with Gasteiger partial charge in [0.2, 0.25) is 0 Å². The van der Waals surface area contributed by atoms with Gasteiger partial charge >= 0.3 is 11.9 Å². The Morgan fingerprint density at radius 1 is 0.781 bits per heavy atom. The van der Waals surface area contributed by atoms with Gasteiger partial charge in [-0.25, -0.2) is 9.59 Å². The van der Waals surface area contributed by atoms with Crippen LogP contribution in [-0.4, -0.2) is 37.9 Å². The lowest BCUT2D eigenvalue weighted by Gasteiger charge is -2.15. The average molecular weight is 428 g/mol. The molecule has 0 fully saturated rings. The minimum atomic E-state index is -0.926. The molecule has 5 heteroatoms. The van der Waals surface area contributed by atoms with Crippen molar-refractivity contribution < 1.29 is 19.1 Å². The molecule has 0 aromatic heterocycles. The van der Waals surface area contributed by atoms with E-state index in [2.05, 4.69) is 0 Å². The monoisotopic (exact) mass is 427 g/mol. The topological polar surface area (TPSA) is 65.0 Å². The summed E-state index contributed by atoms with van der Waals surface area (Å²) in [4.78, 5) is 30.0. The van der Waals surface area contributed by atoms with E-state index in [0.29, 0.717) is 11.3 Å². The minimum Gasteiger partial charge on any atom is -0.467 e. The third-order valence-corrected chi connectivity index (χ3v) is 4.85. The summed E-state index contributed by atoms with van der Waals surface area (Å²) in [6, 6.07) is 27.7. The quantitative estimate of drug-likeness (QED) is 0.297. The van der Waals surface area contributed by atoms with E-state index in [4.69, 9.17) is 14.5 Å². The smallest absolute Gasteiger partial charge is 0.333 e. The van der Waals surface area contributed by atoms with Crippen LogP contribution in [0.15, 0.2) is 102 Å². The number of nitrogens with zero attached hydrogens (tertiary/aromatic N) is 1. The first-order valence-corrected chi connectivity index (χ1v) is 10.2. The maximum Gasteiger partial charge on any atom is 0.333 e. The second-order valence-electron chi connectivity index (χ2n) is 7.02. The van der Waals surface area contributed by atoms with Crippen molar-refractivity contribution in [1.82, 2.24) is 0 Å². The highest BCUT2D eigenvalue weighted by Gasteiger charge is 2.25. The summed E-state index contributed by atoms with van der Waals surface area (Å²) in [6.07, 6.45) is 1.75. The largest absolute Gasteiger partial charge is 0.467 e. The fourth-order valence-corrected chi connectivity index (χ4v) is 3.27. The lowest BCUT2D eigenvalue weighted by molar-refractivity contribution is -0.142. The second kappa shape index (κ2) is 11.4. The van der Waals surface area contributed by atoms with Gasteiger partial charge in [-0.1, -0.05) is 91.0 Å². The van der Waals surface area contributed by atoms with E-state index < -0.39 is 18.0 Å². The van der Waals surface area contributed by atoms with Crippen LogP contribution in [0.5, 0.6) is 0 Å². The number of benzene rings is 3. The average Bonchev–Trinajstić information content (AvgIpc) is 2.86. The Balaban J connectivity index is 2.07. The zero-order valence-electron chi connectivity index (χ0n) is 18.1. The van der Waals surface area contributed by atoms with E-state index in [9.17, 15) is 9.59 Å². The van der Waals surface area contributed by atoms with Gasteiger partial charge in [-0.2, -0.15) is 0 Å². The molecule has 162 valence electrons. The van der Waals surface area contributed by atoms with Crippen LogP contribution < -0.4 is 0 Å². The molecule has 3 aromatic rings. The zero-order chi connectivity index (χ0) is 22.8. The molecule has 0 aliphatic rings. The van der Waals surface area contributed by atoms with Gasteiger partial charge in [-0.3, -0.25) is 4.99 Å². The summed E-state index contributed by atoms with van der Waals surface area (Å²) < 4.78 is 9.99. The van der Waals surface area contributed by atoms with Crippen molar-refractivity contribution in [2.75, 3.05) is 14.2 Å². The minimum absolute atomic E-state index is 0.0391. The van der Waals surface area contributed by atoms with Crippen LogP contribution in [-0.2, 0) is 19.1 Å². The highest BCUT2D eigenvalue weighted by atomic mass is 16.5. The van der Waals surface area contributed by atoms with E-state index >= 15 is 0 Å². The molecule has 0 radical (unpaired) electrons. The van der Waals surface area contributed by atoms with Gasteiger partial charge in [-0.05, 0) is 11.6 Å². The van der Waals surface area contributed by atoms with Gasteiger partial charge in [-0.15, -0.1) is 0 Å². The lowest BCUT2D eigenvalue weighted by Crippen LogP contribution is -2.25. The molecule has 0 spiro atoms. The molecule has 32 heavy (non-hydrogen) atoms. The Labute approximate surface area is 188 Å². The predicted octanol–water partition coefficient (Wildman–Crippen LogP) is 4.71. The summed E-state index contributed by atoms with van der Waals surface area (Å²) in [6.45, 7) is 0. The van der Waals surface area contributed by atoms with Gasteiger partial charge in [0.15, 0.2) is 6.04 Å². The fraction of sp³-hybridized carbons (Fsp3) is 0.148. The molecular weight excluding hydrogens is 402 g/mol. The van der Waals surface area contributed by atoms with Gasteiger partial charge in [0.1, 0.15) is 0 Å². The van der Waals surface area contributed by atoms with E-state index in [1.54, 1.807) is 6.08 Å². The Hall–Kier alpha value is -3.99. The molecule has 0 aliphatic carbocycles. The summed E-state index contributed by atoms with van der Waals surface area (Å²) >= 11 is 0. The van der Waals surface area contributed by atoms with Gasteiger partial charge in [0.05, 0.1) is 19.9 Å². The molecule has 0 saturated carbocycles. The molecule has 0 aliphatic heterocycles. The number of hydrogen-bond acceptors (Lipinski definition) is 5. The van der Waals surface area contributed by atoms with Crippen LogP contribution in [0, 0.1) is 0 Å². The number of carbonyl (C=O) groups is 2. The van der Waals surface area contributed by atoms with Crippen molar-refractivity contribution >= 4 is 23.7 Å². The molecule has 0 amide bonds. The molecule has 5 nitrogen and oxygen atoms in total. The van der Waals surface area contributed by atoms with Gasteiger partial charge in [0, 0.05) is 23.1 Å². The summed E-state index contributed by atoms with van der Waals surface area (Å²) in [5.41, 5.74) is 3.52. The van der Waals surface area contributed by atoms with Crippen LogP contribution in [0.25, 0.3) is 6.08 Å². The van der Waals surface area contributed by atoms with Crippen molar-refractivity contribution in [1.29, 1.82) is 0 Å². The second-order valence-corrected chi connectivity index (χ2v) is 7.02. The van der Waals surface area contributed by atoms with Crippen LogP contribution in [0.2, 0.25) is 0 Å². The number of methoxy groups -OCH3 is 2. The van der Waals surface area contributed by atoms with Crippen molar-refractivity contribution in [2.24, 2.45) is 4.99 Å². The number of carbonyl (C=O) groups excluding carboxylic acids is 2. The Morgan fingerprint density at radius 2 is 1.28 bits per heavy atom. The zero-order valence-corrected chi connectivity index (χ0v) is 18.1. The van der Waals surface area contributed by atoms with Crippen LogP contribution in [0.1, 0.15) is 23.1 Å². The number of aliphatic imine (C=N–C) groups is 1. The van der Waals surface area contributed by atoms with Crippen molar-refractivity contribution in [3.05, 3.63) is 113 Å². The number of rotatable bonds is 8. The van der Waals surface area contributed by atoms with E-state index in [1.807, 2.05) is 91.0 Å². The van der Waals surface area contributed by atoms with Crippen LogP contribution in [0.3, 0.4) is 0 Å². The number of esters is 2. The van der Waals surface area contributed by atoms with Crippen LogP contribution in [0.4, 0.5) is 0 Å². The highest BCUT2D eigenvalue weighted by molar-refractivity contribution is 6.13. The summed E-state index contributed by atoms with van der Waals surface area (Å²) in [5, 5.41) is 0. The first-order chi connectivity index (χ1) is 15.6. The molecule has 3 rings (SSSR count). The third kappa shape index (κ3) is 6.01. The van der Waals surface area contributed by atoms with Crippen molar-refractivity contribution in [3.63, 3.8) is 0 Å². The Kier molecular flexibility index (Phi) is 8.09. The number of hydrogen-bond donors (Lipinski definition) is 0. The first kappa shape index (κ1) is 22.7. The lowest BCUT2D eigenvalue weighted by atomic mass is 10.00. The fourth-order valence-electron chi connectivity index (χ4n) is 3.27. The van der Waals surface area contributed by atoms with E-state index in [1.165, 1.54) is 14.2 Å². The van der Waals surface area contributed by atoms with Gasteiger partial charge < -0.3 is 9.47 Å². The summed E-state index contributed by atoms with van der Waals surface area (Å²) in [7, 11) is 2.63.